The summed E-state index contributed by atoms with van der Waals surface area (Å²) < 4.78 is 31.6. The first-order chi connectivity index (χ1) is 10.5. The van der Waals surface area contributed by atoms with Gasteiger partial charge in [0, 0.05) is 33.3 Å². The molecular weight excluding hydrogens is 324 g/mol. The van der Waals surface area contributed by atoms with Gasteiger partial charge in [0.25, 0.3) is 0 Å². The summed E-state index contributed by atoms with van der Waals surface area (Å²) in [5.41, 5.74) is 0. The molecule has 0 aromatic carbocycles. The predicted molar refractivity (Wildman–Crippen MR) is 84.3 cm³/mol. The predicted octanol–water partition coefficient (Wildman–Crippen LogP) is 0.473. The van der Waals surface area contributed by atoms with Gasteiger partial charge in [-0.25, -0.2) is 8.42 Å². The minimum Gasteiger partial charge on any atom is -0.383 e. The molecule has 2 fully saturated rings. The average molecular weight is 346 g/mol. The fourth-order valence-corrected chi connectivity index (χ4v) is 5.70. The molecule has 0 unspecified atom stereocenters. The summed E-state index contributed by atoms with van der Waals surface area (Å²) in [4.78, 5) is 2.24. The zero-order valence-electron chi connectivity index (χ0n) is 13.0. The van der Waals surface area contributed by atoms with Crippen molar-refractivity contribution in [1.82, 2.24) is 19.4 Å². The van der Waals surface area contributed by atoms with Gasteiger partial charge in [-0.1, -0.05) is 0 Å². The number of rotatable bonds is 6. The maximum absolute atomic E-state index is 12.7. The summed E-state index contributed by atoms with van der Waals surface area (Å²) in [5.74, 6) is 0. The van der Waals surface area contributed by atoms with Crippen LogP contribution in [0.25, 0.3) is 0 Å². The van der Waals surface area contributed by atoms with Crippen LogP contribution in [0.1, 0.15) is 22.9 Å². The zero-order valence-corrected chi connectivity index (χ0v) is 14.6. The van der Waals surface area contributed by atoms with Crippen molar-refractivity contribution in [3.63, 3.8) is 0 Å². The number of piperazine rings is 1. The molecule has 0 bridgehead atoms. The van der Waals surface area contributed by atoms with Crippen LogP contribution in [0.5, 0.6) is 0 Å². The number of hydrogen-bond donors (Lipinski definition) is 0. The minimum absolute atomic E-state index is 0.305. The molecule has 1 aromatic rings. The van der Waals surface area contributed by atoms with E-state index in [1.54, 1.807) is 22.8 Å². The molecule has 3 rings (SSSR count). The summed E-state index contributed by atoms with van der Waals surface area (Å²) >= 11 is 1.60. The van der Waals surface area contributed by atoms with Crippen molar-refractivity contribution in [2.45, 2.75) is 31.1 Å². The second kappa shape index (κ2) is 6.12. The molecule has 1 saturated carbocycles. The molecule has 9 heteroatoms. The molecule has 2 aliphatic rings. The van der Waals surface area contributed by atoms with E-state index >= 15 is 0 Å². The monoisotopic (exact) mass is 346 g/mol. The fourth-order valence-electron chi connectivity index (χ4n) is 2.87. The minimum atomic E-state index is -3.25. The summed E-state index contributed by atoms with van der Waals surface area (Å²) in [5, 5.41) is 10.1. The number of sulfonamides is 1. The normalized spacial score (nSPS) is 22.8. The Kier molecular flexibility index (Phi) is 4.52. The quantitative estimate of drug-likeness (QED) is 0.745. The molecule has 2 heterocycles. The number of aromatic nitrogens is 2. The molecule has 124 valence electrons. The molecule has 1 aliphatic heterocycles. The Balaban J connectivity index is 1.57. The van der Waals surface area contributed by atoms with Gasteiger partial charge in [-0.2, -0.15) is 4.31 Å². The number of methoxy groups -OCH3 is 1. The van der Waals surface area contributed by atoms with Crippen molar-refractivity contribution >= 4 is 21.4 Å². The first kappa shape index (κ1) is 16.3. The van der Waals surface area contributed by atoms with E-state index in [1.165, 1.54) is 0 Å². The summed E-state index contributed by atoms with van der Waals surface area (Å²) in [6.45, 7) is 5.57. The molecule has 0 atom stereocenters. The van der Waals surface area contributed by atoms with Crippen molar-refractivity contribution in [3.8, 4) is 0 Å². The lowest BCUT2D eigenvalue weighted by molar-refractivity contribution is 0.169. The Hall–Kier alpha value is -0.610. The smallest absolute Gasteiger partial charge is 0.222 e. The highest BCUT2D eigenvalue weighted by atomic mass is 32.2. The van der Waals surface area contributed by atoms with Gasteiger partial charge in [-0.3, -0.25) is 4.90 Å². The van der Waals surface area contributed by atoms with Gasteiger partial charge < -0.3 is 4.74 Å². The third-order valence-electron chi connectivity index (χ3n) is 4.36. The zero-order chi connectivity index (χ0) is 15.8. The van der Waals surface area contributed by atoms with Crippen LogP contribution in [0, 0.1) is 6.92 Å². The van der Waals surface area contributed by atoms with Crippen molar-refractivity contribution < 1.29 is 13.2 Å². The second-order valence-electron chi connectivity index (χ2n) is 6.01. The highest BCUT2D eigenvalue weighted by Gasteiger charge is 2.57. The van der Waals surface area contributed by atoms with Crippen LogP contribution in [-0.4, -0.2) is 72.5 Å². The Labute approximate surface area is 135 Å². The SMILES string of the molecule is COCC1(S(=O)(=O)N2CCN(Cc3nnc(C)s3)CC2)CC1. The molecule has 1 aromatic heterocycles. The van der Waals surface area contributed by atoms with Crippen LogP contribution in [-0.2, 0) is 21.3 Å². The lowest BCUT2D eigenvalue weighted by atomic mass is 10.3. The van der Waals surface area contributed by atoms with Crippen LogP contribution >= 0.6 is 11.3 Å². The van der Waals surface area contributed by atoms with Crippen LogP contribution in [0.2, 0.25) is 0 Å². The third-order valence-corrected chi connectivity index (χ3v) is 7.85. The topological polar surface area (TPSA) is 75.6 Å². The summed E-state index contributed by atoms with van der Waals surface area (Å²) in [6.07, 6.45) is 1.43. The van der Waals surface area contributed by atoms with E-state index in [0.717, 1.165) is 29.6 Å². The Morgan fingerprint density at radius 3 is 2.41 bits per heavy atom. The van der Waals surface area contributed by atoms with Gasteiger partial charge in [-0.15, -0.1) is 21.5 Å². The van der Waals surface area contributed by atoms with Gasteiger partial charge >= 0.3 is 0 Å². The second-order valence-corrected chi connectivity index (χ2v) is 9.61. The third kappa shape index (κ3) is 3.05. The van der Waals surface area contributed by atoms with E-state index in [4.69, 9.17) is 4.74 Å². The van der Waals surface area contributed by atoms with Crippen LogP contribution < -0.4 is 0 Å². The molecule has 0 N–H and O–H groups in total. The lowest BCUT2D eigenvalue weighted by Gasteiger charge is -2.35. The van der Waals surface area contributed by atoms with Gasteiger partial charge in [0.1, 0.15) is 14.8 Å². The van der Waals surface area contributed by atoms with Crippen molar-refractivity contribution in [2.24, 2.45) is 0 Å². The number of hydrogen-bond acceptors (Lipinski definition) is 7. The van der Waals surface area contributed by atoms with E-state index in [9.17, 15) is 8.42 Å². The molecule has 7 nitrogen and oxygen atoms in total. The standard InChI is InChI=1S/C13H22N4O3S2/c1-11-14-15-12(21-11)9-16-5-7-17(8-6-16)22(18,19)13(3-4-13)10-20-2/h3-10H2,1-2H3. The average Bonchev–Trinajstić information content (AvgIpc) is 3.17. The highest BCUT2D eigenvalue weighted by Crippen LogP contribution is 2.45. The highest BCUT2D eigenvalue weighted by molar-refractivity contribution is 7.90. The fraction of sp³-hybridized carbons (Fsp3) is 0.846. The van der Waals surface area contributed by atoms with E-state index in [-0.39, 0.29) is 0 Å². The van der Waals surface area contributed by atoms with Gasteiger partial charge in [0.05, 0.1) is 13.2 Å². The van der Waals surface area contributed by atoms with Crippen molar-refractivity contribution in [2.75, 3.05) is 39.9 Å². The van der Waals surface area contributed by atoms with Gasteiger partial charge in [0.15, 0.2) is 0 Å². The van der Waals surface area contributed by atoms with Crippen LogP contribution in [0.3, 0.4) is 0 Å². The van der Waals surface area contributed by atoms with Gasteiger partial charge in [0.2, 0.25) is 10.0 Å². The maximum Gasteiger partial charge on any atom is 0.222 e. The summed E-state index contributed by atoms with van der Waals surface area (Å²) in [6, 6.07) is 0. The molecule has 0 amide bonds. The Morgan fingerprint density at radius 1 is 1.23 bits per heavy atom. The number of aryl methyl sites for hydroxylation is 1. The molecule has 0 spiro atoms. The Morgan fingerprint density at radius 2 is 1.91 bits per heavy atom. The molecule has 22 heavy (non-hydrogen) atoms. The van der Waals surface area contributed by atoms with E-state index < -0.39 is 14.8 Å². The number of ether oxygens (including phenoxy) is 1. The van der Waals surface area contributed by atoms with E-state index in [2.05, 4.69) is 15.1 Å². The molecule has 0 radical (unpaired) electrons. The first-order valence-corrected chi connectivity index (χ1v) is 9.72. The van der Waals surface area contributed by atoms with Crippen LogP contribution in [0.15, 0.2) is 0 Å². The lowest BCUT2D eigenvalue weighted by Crippen LogP contribution is -2.52. The first-order valence-electron chi connectivity index (χ1n) is 7.47. The van der Waals surface area contributed by atoms with Crippen molar-refractivity contribution in [3.05, 3.63) is 10.0 Å². The Bertz CT molecular complexity index is 619. The van der Waals surface area contributed by atoms with E-state index in [0.29, 0.717) is 32.5 Å². The maximum atomic E-state index is 12.7. The van der Waals surface area contributed by atoms with E-state index in [1.807, 2.05) is 6.92 Å². The molecule has 1 aliphatic carbocycles. The molecular formula is C13H22N4O3S2. The van der Waals surface area contributed by atoms with Crippen LogP contribution in [0.4, 0.5) is 0 Å². The van der Waals surface area contributed by atoms with Crippen molar-refractivity contribution in [1.29, 1.82) is 0 Å². The molecule has 1 saturated heterocycles. The van der Waals surface area contributed by atoms with Gasteiger partial charge in [-0.05, 0) is 19.8 Å². The largest absolute Gasteiger partial charge is 0.383 e. The summed E-state index contributed by atoms with van der Waals surface area (Å²) in [7, 11) is -1.68. The number of nitrogens with zero attached hydrogens (tertiary/aromatic N) is 4.